The van der Waals surface area contributed by atoms with Crippen LogP contribution in [0.2, 0.25) is 0 Å². The number of anilines is 1. The maximum Gasteiger partial charge on any atom is 0.133 e. The molecule has 19 heavy (non-hydrogen) atoms. The summed E-state index contributed by atoms with van der Waals surface area (Å²) in [6.07, 6.45) is 5.31. The Bertz CT molecular complexity index is 480. The van der Waals surface area contributed by atoms with Gasteiger partial charge in [0.25, 0.3) is 0 Å². The summed E-state index contributed by atoms with van der Waals surface area (Å²) < 4.78 is 6.11. The molecule has 1 atom stereocenters. The van der Waals surface area contributed by atoms with E-state index in [2.05, 4.69) is 43.0 Å². The summed E-state index contributed by atoms with van der Waals surface area (Å²) in [7, 11) is 0. The van der Waals surface area contributed by atoms with Gasteiger partial charge in [0.1, 0.15) is 11.6 Å². The van der Waals surface area contributed by atoms with E-state index in [1.54, 1.807) is 0 Å². The van der Waals surface area contributed by atoms with Gasteiger partial charge in [0.05, 0.1) is 17.2 Å². The van der Waals surface area contributed by atoms with Crippen molar-refractivity contribution in [1.29, 1.82) is 0 Å². The van der Waals surface area contributed by atoms with Crippen LogP contribution in [0.4, 0.5) is 5.82 Å². The van der Waals surface area contributed by atoms with Crippen molar-refractivity contribution in [3.8, 4) is 0 Å². The fourth-order valence-electron chi connectivity index (χ4n) is 2.96. The number of ether oxygens (including phenoxy) is 1. The molecule has 0 amide bonds. The molecular weight excluding hydrogens is 238 g/mol. The summed E-state index contributed by atoms with van der Waals surface area (Å²) in [6.45, 7) is 8.57. The Morgan fingerprint density at radius 1 is 1.26 bits per heavy atom. The molecule has 1 aliphatic heterocycles. The van der Waals surface area contributed by atoms with Crippen molar-refractivity contribution >= 4 is 5.82 Å². The lowest BCUT2D eigenvalue weighted by molar-refractivity contribution is -0.0662. The third-order valence-electron chi connectivity index (χ3n) is 4.01. The Kier molecular flexibility index (Phi) is 2.82. The molecule has 0 radical (unpaired) electrons. The average Bonchev–Trinajstić information content (AvgIpc) is 3.07. The van der Waals surface area contributed by atoms with E-state index in [9.17, 15) is 0 Å². The largest absolute Gasteiger partial charge is 0.367 e. The summed E-state index contributed by atoms with van der Waals surface area (Å²) in [4.78, 5) is 8.99. The maximum atomic E-state index is 6.11. The van der Waals surface area contributed by atoms with E-state index in [1.807, 2.05) is 12.3 Å². The Hall–Kier alpha value is -1.16. The van der Waals surface area contributed by atoms with Gasteiger partial charge in [-0.25, -0.2) is 9.97 Å². The fourth-order valence-corrected chi connectivity index (χ4v) is 2.96. The first kappa shape index (κ1) is 12.9. The van der Waals surface area contributed by atoms with Crippen LogP contribution in [0.5, 0.6) is 0 Å². The van der Waals surface area contributed by atoms with Gasteiger partial charge in [0.15, 0.2) is 0 Å². The molecule has 1 aromatic rings. The van der Waals surface area contributed by atoms with Crippen LogP contribution in [0.3, 0.4) is 0 Å². The number of aromatic nitrogens is 2. The number of hydrogen-bond acceptors (Lipinski definition) is 4. The number of rotatable bonds is 3. The standard InChI is InChI=1S/C15H23N3O/c1-14(2)9-11(15(3,4)19-14)17-12-7-8-16-13(18-12)10-5-6-10/h7-8,10-11H,5-6,9H2,1-4H3,(H,16,17,18). The molecule has 0 bridgehead atoms. The lowest BCUT2D eigenvalue weighted by atomic mass is 9.94. The molecule has 2 fully saturated rings. The molecule has 0 aromatic carbocycles. The van der Waals surface area contributed by atoms with Crippen LogP contribution in [0.15, 0.2) is 12.3 Å². The molecule has 1 N–H and O–H groups in total. The lowest BCUT2D eigenvalue weighted by Crippen LogP contribution is -2.38. The Morgan fingerprint density at radius 3 is 2.58 bits per heavy atom. The predicted molar refractivity (Wildman–Crippen MR) is 75.3 cm³/mol. The van der Waals surface area contributed by atoms with E-state index in [4.69, 9.17) is 4.74 Å². The highest BCUT2D eigenvalue weighted by atomic mass is 16.5. The quantitative estimate of drug-likeness (QED) is 0.908. The third-order valence-corrected chi connectivity index (χ3v) is 4.01. The lowest BCUT2D eigenvalue weighted by Gasteiger charge is -2.28. The monoisotopic (exact) mass is 261 g/mol. The predicted octanol–water partition coefficient (Wildman–Crippen LogP) is 3.11. The SMILES string of the molecule is CC1(C)CC(Nc2ccnc(C3CC3)n2)C(C)(C)O1. The molecular formula is C15H23N3O. The second-order valence-electron chi connectivity index (χ2n) is 6.94. The minimum absolute atomic E-state index is 0.0759. The number of hydrogen-bond donors (Lipinski definition) is 1. The molecule has 1 saturated heterocycles. The summed E-state index contributed by atoms with van der Waals surface area (Å²) in [5.74, 6) is 2.50. The molecule has 0 spiro atoms. The van der Waals surface area contributed by atoms with E-state index < -0.39 is 0 Å². The highest BCUT2D eigenvalue weighted by Crippen LogP contribution is 2.40. The van der Waals surface area contributed by atoms with Gasteiger partial charge in [-0.15, -0.1) is 0 Å². The molecule has 1 unspecified atom stereocenters. The first-order valence-electron chi connectivity index (χ1n) is 7.15. The number of nitrogens with one attached hydrogen (secondary N) is 1. The van der Waals surface area contributed by atoms with Crippen LogP contribution < -0.4 is 5.32 Å². The highest BCUT2D eigenvalue weighted by Gasteiger charge is 2.46. The zero-order valence-corrected chi connectivity index (χ0v) is 12.2. The second-order valence-corrected chi connectivity index (χ2v) is 6.94. The first-order chi connectivity index (χ1) is 8.86. The Labute approximate surface area is 115 Å². The molecule has 3 rings (SSSR count). The Balaban J connectivity index is 1.76. The fraction of sp³-hybridized carbons (Fsp3) is 0.733. The van der Waals surface area contributed by atoms with E-state index in [1.165, 1.54) is 12.8 Å². The van der Waals surface area contributed by atoms with E-state index in [0.717, 1.165) is 18.1 Å². The zero-order chi connectivity index (χ0) is 13.7. The van der Waals surface area contributed by atoms with Gasteiger partial charge in [0, 0.05) is 12.1 Å². The van der Waals surface area contributed by atoms with Gasteiger partial charge in [-0.3, -0.25) is 0 Å². The number of nitrogens with zero attached hydrogens (tertiary/aromatic N) is 2. The summed E-state index contributed by atoms with van der Waals surface area (Å²) >= 11 is 0. The van der Waals surface area contributed by atoms with Gasteiger partial charge in [0.2, 0.25) is 0 Å². The van der Waals surface area contributed by atoms with Crippen LogP contribution in [0.1, 0.15) is 58.7 Å². The van der Waals surface area contributed by atoms with Crippen molar-refractivity contribution in [2.45, 2.75) is 70.1 Å². The molecule has 4 nitrogen and oxygen atoms in total. The van der Waals surface area contributed by atoms with Crippen molar-refractivity contribution in [1.82, 2.24) is 9.97 Å². The van der Waals surface area contributed by atoms with Gasteiger partial charge in [-0.05, 0) is 53.0 Å². The van der Waals surface area contributed by atoms with Crippen molar-refractivity contribution in [3.05, 3.63) is 18.1 Å². The van der Waals surface area contributed by atoms with E-state index in [-0.39, 0.29) is 17.2 Å². The minimum atomic E-state index is -0.172. The smallest absolute Gasteiger partial charge is 0.133 e. The minimum Gasteiger partial charge on any atom is -0.367 e. The molecule has 104 valence electrons. The van der Waals surface area contributed by atoms with Crippen molar-refractivity contribution in [3.63, 3.8) is 0 Å². The van der Waals surface area contributed by atoms with Gasteiger partial charge in [-0.2, -0.15) is 0 Å². The van der Waals surface area contributed by atoms with Gasteiger partial charge in [-0.1, -0.05) is 0 Å². The van der Waals surface area contributed by atoms with Crippen molar-refractivity contribution in [2.75, 3.05) is 5.32 Å². The van der Waals surface area contributed by atoms with Gasteiger partial charge >= 0.3 is 0 Å². The van der Waals surface area contributed by atoms with Crippen molar-refractivity contribution in [2.24, 2.45) is 0 Å². The molecule has 4 heteroatoms. The molecule has 1 saturated carbocycles. The topological polar surface area (TPSA) is 47.0 Å². The molecule has 2 heterocycles. The molecule has 1 aliphatic carbocycles. The molecule has 2 aliphatic rings. The highest BCUT2D eigenvalue weighted by molar-refractivity contribution is 5.37. The van der Waals surface area contributed by atoms with Crippen LogP contribution in [0, 0.1) is 0 Å². The average molecular weight is 261 g/mol. The maximum absolute atomic E-state index is 6.11. The molecule has 1 aromatic heterocycles. The summed E-state index contributed by atoms with van der Waals surface area (Å²) in [6, 6.07) is 2.23. The zero-order valence-electron chi connectivity index (χ0n) is 12.2. The normalized spacial score (nSPS) is 28.3. The first-order valence-corrected chi connectivity index (χ1v) is 7.15. The Morgan fingerprint density at radius 2 is 2.00 bits per heavy atom. The van der Waals surface area contributed by atoms with Crippen molar-refractivity contribution < 1.29 is 4.74 Å². The van der Waals surface area contributed by atoms with E-state index in [0.29, 0.717) is 5.92 Å². The summed E-state index contributed by atoms with van der Waals surface area (Å²) in [5.41, 5.74) is -0.248. The van der Waals surface area contributed by atoms with Crippen LogP contribution in [0.25, 0.3) is 0 Å². The van der Waals surface area contributed by atoms with Crippen LogP contribution in [-0.2, 0) is 4.74 Å². The van der Waals surface area contributed by atoms with Crippen LogP contribution in [-0.4, -0.2) is 27.2 Å². The summed E-state index contributed by atoms with van der Waals surface area (Å²) in [5, 5.41) is 3.53. The second kappa shape index (κ2) is 4.17. The van der Waals surface area contributed by atoms with Crippen LogP contribution >= 0.6 is 0 Å². The van der Waals surface area contributed by atoms with Gasteiger partial charge < -0.3 is 10.1 Å². The van der Waals surface area contributed by atoms with E-state index >= 15 is 0 Å². The third kappa shape index (κ3) is 2.73.